The Balaban J connectivity index is 2.90. The first-order chi connectivity index (χ1) is 9.88. The maximum absolute atomic E-state index is 10.2. The standard InChI is InChI=1S/C20H28O/c1-16(10-7-6-8-15-21)17(2)12-13-19-18(3)11-9-14-20(19,4)5/h6-8,10,12-13,15H,9,11,14H2,1-5H3/b8-6+,10-7+,13-12+,17-16+. The lowest BCUT2D eigenvalue weighted by Crippen LogP contribution is -2.19. The Hall–Kier alpha value is -1.63. The van der Waals surface area contributed by atoms with Crippen molar-refractivity contribution in [3.8, 4) is 0 Å². The van der Waals surface area contributed by atoms with Crippen LogP contribution in [0.15, 0.2) is 58.7 Å². The zero-order valence-corrected chi connectivity index (χ0v) is 14.1. The third-order valence-electron chi connectivity index (χ3n) is 4.31. The molecular formula is C20H28O. The Morgan fingerprint density at radius 2 is 1.71 bits per heavy atom. The van der Waals surface area contributed by atoms with Crippen LogP contribution in [0.4, 0.5) is 0 Å². The quantitative estimate of drug-likeness (QED) is 0.358. The van der Waals surface area contributed by atoms with Crippen LogP contribution in [-0.4, -0.2) is 6.29 Å². The molecule has 0 amide bonds. The SMILES string of the molecule is CC1=C(/C=C/C(C)=C(C)/C=C/C=C/C=O)C(C)(C)CCC1. The molecule has 0 aromatic heterocycles. The lowest BCUT2D eigenvalue weighted by molar-refractivity contribution is -0.104. The summed E-state index contributed by atoms with van der Waals surface area (Å²) < 4.78 is 0. The lowest BCUT2D eigenvalue weighted by atomic mass is 9.72. The third-order valence-corrected chi connectivity index (χ3v) is 4.31. The molecule has 0 spiro atoms. The topological polar surface area (TPSA) is 17.1 Å². The van der Waals surface area contributed by atoms with E-state index in [0.717, 1.165) is 6.29 Å². The lowest BCUT2D eigenvalue weighted by Gasteiger charge is -2.33. The highest BCUT2D eigenvalue weighted by Gasteiger charge is 2.26. The van der Waals surface area contributed by atoms with Crippen molar-refractivity contribution in [3.05, 3.63) is 58.7 Å². The Kier molecular flexibility index (Phi) is 6.61. The number of aldehydes is 1. The monoisotopic (exact) mass is 284 g/mol. The molecule has 0 saturated carbocycles. The fourth-order valence-corrected chi connectivity index (χ4v) is 2.79. The van der Waals surface area contributed by atoms with Gasteiger partial charge in [0, 0.05) is 0 Å². The second-order valence-electron chi connectivity index (χ2n) is 6.51. The van der Waals surface area contributed by atoms with Crippen LogP contribution in [0.2, 0.25) is 0 Å². The minimum absolute atomic E-state index is 0.287. The van der Waals surface area contributed by atoms with E-state index >= 15 is 0 Å². The molecule has 1 rings (SSSR count). The number of hydrogen-bond acceptors (Lipinski definition) is 1. The maximum atomic E-state index is 10.2. The van der Waals surface area contributed by atoms with Gasteiger partial charge in [0.15, 0.2) is 0 Å². The van der Waals surface area contributed by atoms with Crippen LogP contribution in [0, 0.1) is 5.41 Å². The Labute approximate surface area is 129 Å². The van der Waals surface area contributed by atoms with E-state index in [4.69, 9.17) is 0 Å². The molecule has 0 aromatic carbocycles. The van der Waals surface area contributed by atoms with Gasteiger partial charge in [-0.3, -0.25) is 4.79 Å². The van der Waals surface area contributed by atoms with Crippen LogP contribution in [0.25, 0.3) is 0 Å². The Morgan fingerprint density at radius 3 is 2.33 bits per heavy atom. The molecule has 0 fully saturated rings. The molecular weight excluding hydrogens is 256 g/mol. The molecule has 0 aromatic rings. The predicted octanol–water partition coefficient (Wildman–Crippen LogP) is 5.72. The van der Waals surface area contributed by atoms with Crippen molar-refractivity contribution < 1.29 is 4.79 Å². The van der Waals surface area contributed by atoms with Crippen molar-refractivity contribution in [2.24, 2.45) is 5.41 Å². The van der Waals surface area contributed by atoms with Gasteiger partial charge in [0.1, 0.15) is 6.29 Å². The van der Waals surface area contributed by atoms with Crippen LogP contribution in [-0.2, 0) is 4.79 Å². The Bertz CT molecular complexity index is 522. The largest absolute Gasteiger partial charge is 0.299 e. The van der Waals surface area contributed by atoms with Gasteiger partial charge in [-0.2, -0.15) is 0 Å². The summed E-state index contributed by atoms with van der Waals surface area (Å²) >= 11 is 0. The molecule has 1 heteroatoms. The summed E-state index contributed by atoms with van der Waals surface area (Å²) in [6, 6.07) is 0. The summed E-state index contributed by atoms with van der Waals surface area (Å²) in [6.07, 6.45) is 16.3. The fourth-order valence-electron chi connectivity index (χ4n) is 2.79. The molecule has 1 aliphatic carbocycles. The minimum atomic E-state index is 0.287. The second kappa shape index (κ2) is 7.97. The summed E-state index contributed by atoms with van der Waals surface area (Å²) in [5.41, 5.74) is 5.78. The first-order valence-corrected chi connectivity index (χ1v) is 7.73. The number of carbonyl (C=O) groups excluding carboxylic acids is 1. The summed E-state index contributed by atoms with van der Waals surface area (Å²) in [5, 5.41) is 0. The smallest absolute Gasteiger partial charge is 0.142 e. The van der Waals surface area contributed by atoms with E-state index in [1.54, 1.807) is 6.08 Å². The van der Waals surface area contributed by atoms with Gasteiger partial charge in [0.05, 0.1) is 0 Å². The first kappa shape index (κ1) is 17.4. The third kappa shape index (κ3) is 5.34. The molecule has 0 N–H and O–H groups in total. The van der Waals surface area contributed by atoms with Crippen molar-refractivity contribution in [2.45, 2.75) is 53.9 Å². The van der Waals surface area contributed by atoms with E-state index in [-0.39, 0.29) is 5.41 Å². The van der Waals surface area contributed by atoms with Crippen LogP contribution in [0.1, 0.15) is 53.9 Å². The van der Waals surface area contributed by atoms with Crippen molar-refractivity contribution in [3.63, 3.8) is 0 Å². The van der Waals surface area contributed by atoms with Crippen molar-refractivity contribution in [1.82, 2.24) is 0 Å². The van der Waals surface area contributed by atoms with Gasteiger partial charge < -0.3 is 0 Å². The minimum Gasteiger partial charge on any atom is -0.299 e. The summed E-state index contributed by atoms with van der Waals surface area (Å²) in [6.45, 7) is 11.2. The van der Waals surface area contributed by atoms with Crippen LogP contribution in [0.3, 0.4) is 0 Å². The van der Waals surface area contributed by atoms with E-state index < -0.39 is 0 Å². The number of rotatable bonds is 5. The van der Waals surface area contributed by atoms with E-state index in [9.17, 15) is 4.79 Å². The normalized spacial score (nSPS) is 20.6. The molecule has 0 atom stereocenters. The maximum Gasteiger partial charge on any atom is 0.142 e. The van der Waals surface area contributed by atoms with Gasteiger partial charge in [0.2, 0.25) is 0 Å². The summed E-state index contributed by atoms with van der Waals surface area (Å²) in [4.78, 5) is 10.2. The summed E-state index contributed by atoms with van der Waals surface area (Å²) in [7, 11) is 0. The number of allylic oxidation sites excluding steroid dienone is 10. The number of carbonyl (C=O) groups is 1. The van der Waals surface area contributed by atoms with E-state index in [1.165, 1.54) is 47.6 Å². The molecule has 1 nitrogen and oxygen atoms in total. The van der Waals surface area contributed by atoms with Crippen LogP contribution in [0.5, 0.6) is 0 Å². The van der Waals surface area contributed by atoms with Gasteiger partial charge >= 0.3 is 0 Å². The summed E-state index contributed by atoms with van der Waals surface area (Å²) in [5.74, 6) is 0. The van der Waals surface area contributed by atoms with Gasteiger partial charge in [-0.1, -0.05) is 49.8 Å². The highest BCUT2D eigenvalue weighted by molar-refractivity contribution is 5.65. The van der Waals surface area contributed by atoms with Crippen molar-refractivity contribution >= 4 is 6.29 Å². The van der Waals surface area contributed by atoms with Crippen molar-refractivity contribution in [2.75, 3.05) is 0 Å². The first-order valence-electron chi connectivity index (χ1n) is 7.73. The molecule has 0 unspecified atom stereocenters. The highest BCUT2D eigenvalue weighted by atomic mass is 16.1. The van der Waals surface area contributed by atoms with Crippen molar-refractivity contribution in [1.29, 1.82) is 0 Å². The van der Waals surface area contributed by atoms with E-state index in [2.05, 4.69) is 46.8 Å². The zero-order chi connectivity index (χ0) is 15.9. The predicted molar refractivity (Wildman–Crippen MR) is 92.2 cm³/mol. The molecule has 1 aliphatic rings. The molecule has 21 heavy (non-hydrogen) atoms. The molecule has 114 valence electrons. The number of hydrogen-bond donors (Lipinski definition) is 0. The average Bonchev–Trinajstić information content (AvgIpc) is 2.41. The fraction of sp³-hybridized carbons (Fsp3) is 0.450. The van der Waals surface area contributed by atoms with Crippen LogP contribution >= 0.6 is 0 Å². The molecule has 0 aliphatic heterocycles. The Morgan fingerprint density at radius 1 is 1.05 bits per heavy atom. The average molecular weight is 284 g/mol. The van der Waals surface area contributed by atoms with Gasteiger partial charge in [-0.25, -0.2) is 0 Å². The zero-order valence-electron chi connectivity index (χ0n) is 14.1. The highest BCUT2D eigenvalue weighted by Crippen LogP contribution is 2.40. The second-order valence-corrected chi connectivity index (χ2v) is 6.51. The van der Waals surface area contributed by atoms with Gasteiger partial charge in [0.25, 0.3) is 0 Å². The molecule has 0 heterocycles. The molecule has 0 saturated heterocycles. The van der Waals surface area contributed by atoms with Crippen LogP contribution < -0.4 is 0 Å². The van der Waals surface area contributed by atoms with Gasteiger partial charge in [-0.15, -0.1) is 0 Å². The molecule has 0 bridgehead atoms. The molecule has 0 radical (unpaired) electrons. The van der Waals surface area contributed by atoms with E-state index in [1.807, 2.05) is 12.2 Å². The van der Waals surface area contributed by atoms with E-state index in [0.29, 0.717) is 0 Å². The van der Waals surface area contributed by atoms with Gasteiger partial charge in [-0.05, 0) is 68.2 Å².